The fourth-order valence-electron chi connectivity index (χ4n) is 1.58. The maximum absolute atomic E-state index is 12.2. The van der Waals surface area contributed by atoms with Crippen LogP contribution in [0.4, 0.5) is 0 Å². The van der Waals surface area contributed by atoms with E-state index >= 15 is 0 Å². The molecule has 0 radical (unpaired) electrons. The Morgan fingerprint density at radius 1 is 1.23 bits per heavy atom. The normalized spacial score (nSPS) is 14.0. The summed E-state index contributed by atoms with van der Waals surface area (Å²) in [6.45, 7) is 8.31. The molecule has 0 heterocycles. The number of esters is 1. The highest BCUT2D eigenvalue weighted by molar-refractivity contribution is 7.86. The number of aryl methyl sites for hydroxylation is 1. The molecule has 0 amide bonds. The fourth-order valence-corrected chi connectivity index (χ4v) is 2.77. The Balaban J connectivity index is 2.87. The maximum Gasteiger partial charge on any atom is 0.331 e. The summed E-state index contributed by atoms with van der Waals surface area (Å²) >= 11 is 0. The van der Waals surface area contributed by atoms with Crippen LogP contribution in [0.1, 0.15) is 33.3 Å². The summed E-state index contributed by atoms with van der Waals surface area (Å²) in [4.78, 5) is 11.6. The third-order valence-electron chi connectivity index (χ3n) is 3.23. The van der Waals surface area contributed by atoms with Crippen LogP contribution in [0, 0.1) is 6.92 Å². The van der Waals surface area contributed by atoms with E-state index in [9.17, 15) is 13.2 Å². The largest absolute Gasteiger partial charge is 0.454 e. The van der Waals surface area contributed by atoms with Gasteiger partial charge >= 0.3 is 5.97 Å². The quantitative estimate of drug-likeness (QED) is 0.456. The first-order valence-electron chi connectivity index (χ1n) is 6.94. The minimum atomic E-state index is -3.92. The van der Waals surface area contributed by atoms with Crippen LogP contribution in [0.25, 0.3) is 0 Å². The van der Waals surface area contributed by atoms with E-state index in [1.165, 1.54) is 18.2 Å². The highest BCUT2D eigenvalue weighted by atomic mass is 32.2. The molecule has 0 saturated carbocycles. The third-order valence-corrected chi connectivity index (χ3v) is 4.62. The van der Waals surface area contributed by atoms with Gasteiger partial charge in [-0.2, -0.15) is 8.42 Å². The van der Waals surface area contributed by atoms with Gasteiger partial charge < -0.3 is 4.74 Å². The molecule has 1 aromatic carbocycles. The summed E-state index contributed by atoms with van der Waals surface area (Å²) in [5.41, 5.74) is -0.137. The van der Waals surface area contributed by atoms with Gasteiger partial charge in [0.2, 0.25) is 0 Å². The van der Waals surface area contributed by atoms with Gasteiger partial charge in [0.1, 0.15) is 11.7 Å². The van der Waals surface area contributed by atoms with Crippen LogP contribution >= 0.6 is 0 Å². The second kappa shape index (κ2) is 7.07. The summed E-state index contributed by atoms with van der Waals surface area (Å²) in [6.07, 6.45) is 1.98. The Hall–Kier alpha value is -1.66. The van der Waals surface area contributed by atoms with Crippen molar-refractivity contribution in [1.29, 1.82) is 0 Å². The van der Waals surface area contributed by atoms with E-state index in [1.54, 1.807) is 45.9 Å². The van der Waals surface area contributed by atoms with Crippen molar-refractivity contribution in [3.63, 3.8) is 0 Å². The van der Waals surface area contributed by atoms with E-state index in [4.69, 9.17) is 8.92 Å². The first kappa shape index (κ1) is 18.4. The van der Waals surface area contributed by atoms with E-state index in [1.807, 2.05) is 6.92 Å². The van der Waals surface area contributed by atoms with Crippen molar-refractivity contribution in [3.8, 4) is 0 Å². The standard InChI is InChI=1S/C16H22O5S/c1-6-7-15(17)20-16(4,5)13(3)21-22(18,19)14-10-8-12(2)9-11-14/h6-11,13H,1-5H3. The maximum atomic E-state index is 12.2. The molecule has 0 aliphatic carbocycles. The number of carbonyl (C=O) groups excluding carboxylic acids is 1. The van der Waals surface area contributed by atoms with Crippen LogP contribution in [-0.4, -0.2) is 26.1 Å². The summed E-state index contributed by atoms with van der Waals surface area (Å²) in [5, 5.41) is 0. The zero-order valence-corrected chi connectivity index (χ0v) is 14.3. The summed E-state index contributed by atoms with van der Waals surface area (Å²) in [6, 6.07) is 6.35. The van der Waals surface area contributed by atoms with Gasteiger partial charge in [-0.1, -0.05) is 23.8 Å². The molecule has 0 bridgehead atoms. The van der Waals surface area contributed by atoms with E-state index in [-0.39, 0.29) is 4.90 Å². The molecule has 1 unspecified atom stereocenters. The van der Waals surface area contributed by atoms with Gasteiger partial charge in [0.25, 0.3) is 10.1 Å². The average molecular weight is 326 g/mol. The third kappa shape index (κ3) is 4.96. The lowest BCUT2D eigenvalue weighted by Crippen LogP contribution is -2.41. The Labute approximate surface area is 132 Å². The predicted octanol–water partition coefficient (Wildman–Crippen LogP) is 2.99. The molecule has 0 fully saturated rings. The van der Waals surface area contributed by atoms with Crippen molar-refractivity contribution in [1.82, 2.24) is 0 Å². The number of allylic oxidation sites excluding steroid dienone is 1. The number of carbonyl (C=O) groups is 1. The summed E-state index contributed by atoms with van der Waals surface area (Å²) < 4.78 is 34.9. The van der Waals surface area contributed by atoms with Gasteiger partial charge in [0.05, 0.1) is 4.90 Å². The van der Waals surface area contributed by atoms with Gasteiger partial charge in [0.15, 0.2) is 0 Å². The molecule has 0 aliphatic heterocycles. The van der Waals surface area contributed by atoms with Gasteiger partial charge in [-0.05, 0) is 46.8 Å². The summed E-state index contributed by atoms with van der Waals surface area (Å²) in [5.74, 6) is -0.546. The van der Waals surface area contributed by atoms with E-state index < -0.39 is 27.8 Å². The van der Waals surface area contributed by atoms with Gasteiger partial charge in [-0.3, -0.25) is 4.18 Å². The minimum Gasteiger partial charge on any atom is -0.454 e. The highest BCUT2D eigenvalue weighted by Gasteiger charge is 2.34. The molecule has 122 valence electrons. The second-order valence-corrected chi connectivity index (χ2v) is 7.10. The molecular formula is C16H22O5S. The topological polar surface area (TPSA) is 69.7 Å². The molecule has 0 aromatic heterocycles. The number of hydrogen-bond donors (Lipinski definition) is 0. The Bertz CT molecular complexity index is 642. The molecule has 5 nitrogen and oxygen atoms in total. The monoisotopic (exact) mass is 326 g/mol. The predicted molar refractivity (Wildman–Crippen MR) is 83.9 cm³/mol. The molecule has 1 atom stereocenters. The highest BCUT2D eigenvalue weighted by Crippen LogP contribution is 2.23. The number of hydrogen-bond acceptors (Lipinski definition) is 5. The Morgan fingerprint density at radius 2 is 1.77 bits per heavy atom. The van der Waals surface area contributed by atoms with Crippen LogP contribution in [0.2, 0.25) is 0 Å². The van der Waals surface area contributed by atoms with Crippen molar-refractivity contribution in [2.24, 2.45) is 0 Å². The Morgan fingerprint density at radius 3 is 2.27 bits per heavy atom. The first-order chi connectivity index (χ1) is 10.1. The first-order valence-corrected chi connectivity index (χ1v) is 8.35. The van der Waals surface area contributed by atoms with Crippen molar-refractivity contribution in [2.45, 2.75) is 51.2 Å². The zero-order valence-electron chi connectivity index (χ0n) is 13.5. The van der Waals surface area contributed by atoms with Crippen molar-refractivity contribution >= 4 is 16.1 Å². The van der Waals surface area contributed by atoms with Gasteiger partial charge in [-0.25, -0.2) is 4.79 Å². The van der Waals surface area contributed by atoms with Crippen LogP contribution in [0.3, 0.4) is 0 Å². The van der Waals surface area contributed by atoms with Crippen LogP contribution < -0.4 is 0 Å². The van der Waals surface area contributed by atoms with E-state index in [0.717, 1.165) is 5.56 Å². The fraction of sp³-hybridized carbons (Fsp3) is 0.438. The number of benzene rings is 1. The van der Waals surface area contributed by atoms with E-state index in [2.05, 4.69) is 0 Å². The lowest BCUT2D eigenvalue weighted by Gasteiger charge is -2.30. The molecule has 22 heavy (non-hydrogen) atoms. The van der Waals surface area contributed by atoms with Gasteiger partial charge in [-0.15, -0.1) is 0 Å². The second-order valence-electron chi connectivity index (χ2n) is 5.53. The average Bonchev–Trinajstić information content (AvgIpc) is 2.38. The molecule has 0 aliphatic rings. The Kier molecular flexibility index (Phi) is 5.91. The molecule has 0 N–H and O–H groups in total. The number of ether oxygens (including phenoxy) is 1. The SMILES string of the molecule is CC=CC(=O)OC(C)(C)C(C)OS(=O)(=O)c1ccc(C)cc1. The van der Waals surface area contributed by atoms with Crippen molar-refractivity contribution < 1.29 is 22.1 Å². The molecular weight excluding hydrogens is 304 g/mol. The molecule has 0 spiro atoms. The molecule has 6 heteroatoms. The van der Waals surface area contributed by atoms with Crippen LogP contribution in [0.5, 0.6) is 0 Å². The van der Waals surface area contributed by atoms with E-state index in [0.29, 0.717) is 0 Å². The molecule has 0 saturated heterocycles. The van der Waals surface area contributed by atoms with Crippen LogP contribution in [0.15, 0.2) is 41.3 Å². The molecule has 1 rings (SSSR count). The lowest BCUT2D eigenvalue weighted by atomic mass is 10.0. The van der Waals surface area contributed by atoms with Crippen molar-refractivity contribution in [3.05, 3.63) is 42.0 Å². The lowest BCUT2D eigenvalue weighted by molar-refractivity contribution is -0.158. The minimum absolute atomic E-state index is 0.0699. The van der Waals surface area contributed by atoms with Crippen molar-refractivity contribution in [2.75, 3.05) is 0 Å². The molecule has 1 aromatic rings. The summed E-state index contributed by atoms with van der Waals surface area (Å²) in [7, 11) is -3.92. The zero-order chi connectivity index (χ0) is 17.0. The smallest absolute Gasteiger partial charge is 0.331 e. The van der Waals surface area contributed by atoms with Crippen LogP contribution in [-0.2, 0) is 23.8 Å². The van der Waals surface area contributed by atoms with Gasteiger partial charge in [0, 0.05) is 6.08 Å². The number of rotatable bonds is 6.